The van der Waals surface area contributed by atoms with E-state index in [0.29, 0.717) is 27.2 Å². The lowest BCUT2D eigenvalue weighted by molar-refractivity contribution is -0.113. The number of benzene rings is 2. The molecule has 0 saturated carbocycles. The van der Waals surface area contributed by atoms with Gasteiger partial charge in [-0.2, -0.15) is 0 Å². The van der Waals surface area contributed by atoms with E-state index in [1.165, 1.54) is 53.8 Å². The number of rotatable bonds is 10. The highest BCUT2D eigenvalue weighted by atomic mass is 32.2. The van der Waals surface area contributed by atoms with Crippen molar-refractivity contribution in [2.45, 2.75) is 44.3 Å². The van der Waals surface area contributed by atoms with E-state index in [0.717, 1.165) is 54.0 Å². The number of ether oxygens (including phenoxy) is 1. The highest BCUT2D eigenvalue weighted by molar-refractivity contribution is 7.99. The maximum Gasteiger partial charge on any atom is 0.341 e. The number of carbonyl (C=O) groups is 3. The molecular formula is C29H27F2N5O4S2. The number of thioether (sulfide) groups is 1. The molecule has 5 rings (SSSR count). The number of fused-ring (bicyclic) bond motifs is 1. The number of nitrogens with one attached hydrogen (secondary N) is 2. The fourth-order valence-electron chi connectivity index (χ4n) is 4.61. The Labute approximate surface area is 248 Å². The Morgan fingerprint density at radius 1 is 1.05 bits per heavy atom. The number of thiophene rings is 1. The lowest BCUT2D eigenvalue weighted by Crippen LogP contribution is -2.24. The molecule has 0 aliphatic heterocycles. The van der Waals surface area contributed by atoms with Gasteiger partial charge in [-0.3, -0.25) is 14.2 Å². The maximum absolute atomic E-state index is 13.7. The van der Waals surface area contributed by atoms with Crippen molar-refractivity contribution in [3.05, 3.63) is 87.6 Å². The van der Waals surface area contributed by atoms with E-state index in [4.69, 9.17) is 4.74 Å². The highest BCUT2D eigenvalue weighted by Crippen LogP contribution is 2.38. The molecule has 42 heavy (non-hydrogen) atoms. The van der Waals surface area contributed by atoms with Gasteiger partial charge in [-0.05, 0) is 80.6 Å². The fourth-order valence-corrected chi connectivity index (χ4v) is 6.68. The molecule has 0 saturated heterocycles. The van der Waals surface area contributed by atoms with Crippen molar-refractivity contribution in [3.63, 3.8) is 0 Å². The van der Waals surface area contributed by atoms with Crippen molar-refractivity contribution < 1.29 is 27.9 Å². The van der Waals surface area contributed by atoms with Gasteiger partial charge in [0.1, 0.15) is 16.6 Å². The van der Waals surface area contributed by atoms with Crippen LogP contribution in [0.25, 0.3) is 5.69 Å². The second kappa shape index (κ2) is 13.3. The summed E-state index contributed by atoms with van der Waals surface area (Å²) in [6.45, 7) is 1.91. The molecule has 4 aromatic rings. The average molecular weight is 612 g/mol. The molecule has 0 radical (unpaired) electrons. The largest absolute Gasteiger partial charge is 0.462 e. The van der Waals surface area contributed by atoms with Crippen molar-refractivity contribution in [2.24, 2.45) is 0 Å². The summed E-state index contributed by atoms with van der Waals surface area (Å²) in [5, 5.41) is 14.8. The Bertz CT molecular complexity index is 1620. The monoisotopic (exact) mass is 611 g/mol. The normalized spacial score (nSPS) is 12.5. The molecule has 2 aromatic carbocycles. The second-order valence-corrected chi connectivity index (χ2v) is 11.4. The zero-order valence-electron chi connectivity index (χ0n) is 22.6. The predicted molar refractivity (Wildman–Crippen MR) is 155 cm³/mol. The number of hydrogen-bond acceptors (Lipinski definition) is 8. The minimum absolute atomic E-state index is 0.0557. The van der Waals surface area contributed by atoms with Gasteiger partial charge in [0.25, 0.3) is 5.91 Å². The molecule has 0 spiro atoms. The van der Waals surface area contributed by atoms with Crippen LogP contribution >= 0.6 is 23.1 Å². The molecule has 218 valence electrons. The van der Waals surface area contributed by atoms with Gasteiger partial charge < -0.3 is 15.4 Å². The topological polar surface area (TPSA) is 115 Å². The molecule has 2 heterocycles. The van der Waals surface area contributed by atoms with E-state index in [9.17, 15) is 23.2 Å². The van der Waals surface area contributed by atoms with Crippen LogP contribution < -0.4 is 10.6 Å². The Kier molecular flexibility index (Phi) is 9.28. The smallest absolute Gasteiger partial charge is 0.341 e. The quantitative estimate of drug-likeness (QED) is 0.184. The van der Waals surface area contributed by atoms with E-state index >= 15 is 0 Å². The summed E-state index contributed by atoms with van der Waals surface area (Å²) in [5.41, 5.74) is 2.05. The van der Waals surface area contributed by atoms with E-state index in [-0.39, 0.29) is 30.4 Å². The SMILES string of the molecule is CCOC(=O)c1c(NC(=O)CSc2nnc(CNC(=O)c3cccc(F)c3)n2-c2ccc(F)cc2)sc2c1CCCC2. The van der Waals surface area contributed by atoms with Crippen LogP contribution in [-0.2, 0) is 28.9 Å². The van der Waals surface area contributed by atoms with Gasteiger partial charge in [0, 0.05) is 16.1 Å². The first-order valence-electron chi connectivity index (χ1n) is 13.3. The first kappa shape index (κ1) is 29.4. The van der Waals surface area contributed by atoms with Gasteiger partial charge in [-0.1, -0.05) is 17.8 Å². The Hall–Kier alpha value is -4.10. The third-order valence-electron chi connectivity index (χ3n) is 6.52. The summed E-state index contributed by atoms with van der Waals surface area (Å²) in [7, 11) is 0. The number of halogens is 2. The van der Waals surface area contributed by atoms with Gasteiger partial charge in [-0.25, -0.2) is 13.6 Å². The standard InChI is InChI=1S/C29H27F2N5O4S2/c1-2-40-28(39)25-21-8-3-4-9-22(21)42-27(25)33-24(37)16-41-29-35-34-23(36(29)20-12-10-18(30)11-13-20)15-32-26(38)17-6-5-7-19(31)14-17/h5-7,10-14H,2-4,8-9,15-16H2,1H3,(H,32,38)(H,33,37). The third kappa shape index (κ3) is 6.68. The number of nitrogens with zero attached hydrogens (tertiary/aromatic N) is 3. The molecule has 0 unspecified atom stereocenters. The highest BCUT2D eigenvalue weighted by Gasteiger charge is 2.27. The predicted octanol–water partition coefficient (Wildman–Crippen LogP) is 5.32. The lowest BCUT2D eigenvalue weighted by atomic mass is 9.95. The van der Waals surface area contributed by atoms with Crippen LogP contribution in [0.15, 0.2) is 53.7 Å². The lowest BCUT2D eigenvalue weighted by Gasteiger charge is -2.12. The van der Waals surface area contributed by atoms with E-state index in [1.807, 2.05) is 0 Å². The van der Waals surface area contributed by atoms with E-state index < -0.39 is 23.5 Å². The summed E-state index contributed by atoms with van der Waals surface area (Å²) < 4.78 is 34.1. The van der Waals surface area contributed by atoms with Crippen LogP contribution in [0.4, 0.5) is 13.8 Å². The number of anilines is 1. The summed E-state index contributed by atoms with van der Waals surface area (Å²) in [6.07, 6.45) is 3.63. The Morgan fingerprint density at radius 3 is 2.60 bits per heavy atom. The Morgan fingerprint density at radius 2 is 1.83 bits per heavy atom. The zero-order valence-corrected chi connectivity index (χ0v) is 24.2. The van der Waals surface area contributed by atoms with Gasteiger partial charge in [0.05, 0.1) is 24.5 Å². The van der Waals surface area contributed by atoms with Gasteiger partial charge >= 0.3 is 5.97 Å². The molecule has 9 nitrogen and oxygen atoms in total. The molecular weight excluding hydrogens is 584 g/mol. The second-order valence-electron chi connectivity index (χ2n) is 9.38. The fraction of sp³-hybridized carbons (Fsp3) is 0.276. The average Bonchev–Trinajstić information content (AvgIpc) is 3.56. The van der Waals surface area contributed by atoms with Crippen molar-refractivity contribution in [2.75, 3.05) is 17.7 Å². The number of amides is 2. The van der Waals surface area contributed by atoms with E-state index in [2.05, 4.69) is 20.8 Å². The summed E-state index contributed by atoms with van der Waals surface area (Å²) in [4.78, 5) is 39.5. The molecule has 13 heteroatoms. The molecule has 2 aromatic heterocycles. The molecule has 1 aliphatic carbocycles. The van der Waals surface area contributed by atoms with Crippen LogP contribution in [0.2, 0.25) is 0 Å². The third-order valence-corrected chi connectivity index (χ3v) is 8.65. The molecule has 0 fully saturated rings. The molecule has 2 amide bonds. The number of hydrogen-bond donors (Lipinski definition) is 2. The van der Waals surface area contributed by atoms with Gasteiger partial charge in [0.2, 0.25) is 5.91 Å². The molecule has 0 atom stereocenters. The van der Waals surface area contributed by atoms with Gasteiger partial charge in [0.15, 0.2) is 11.0 Å². The van der Waals surface area contributed by atoms with Crippen molar-refractivity contribution in [1.82, 2.24) is 20.1 Å². The van der Waals surface area contributed by atoms with Crippen LogP contribution in [0.5, 0.6) is 0 Å². The van der Waals surface area contributed by atoms with Crippen molar-refractivity contribution in [1.29, 1.82) is 0 Å². The van der Waals surface area contributed by atoms with Crippen LogP contribution in [0.1, 0.15) is 56.7 Å². The first-order chi connectivity index (χ1) is 20.3. The van der Waals surface area contributed by atoms with Crippen LogP contribution in [0.3, 0.4) is 0 Å². The van der Waals surface area contributed by atoms with Gasteiger partial charge in [-0.15, -0.1) is 21.5 Å². The number of esters is 1. The van der Waals surface area contributed by atoms with E-state index in [1.54, 1.807) is 11.5 Å². The molecule has 0 bridgehead atoms. The minimum Gasteiger partial charge on any atom is -0.462 e. The summed E-state index contributed by atoms with van der Waals surface area (Å²) in [5.74, 6) is -2.00. The Balaban J connectivity index is 1.33. The molecule has 1 aliphatic rings. The minimum atomic E-state index is -0.536. The maximum atomic E-state index is 13.7. The molecule has 2 N–H and O–H groups in total. The first-order valence-corrected chi connectivity index (χ1v) is 15.1. The van der Waals surface area contributed by atoms with Crippen LogP contribution in [0, 0.1) is 11.6 Å². The summed E-state index contributed by atoms with van der Waals surface area (Å²) >= 11 is 2.50. The number of aromatic nitrogens is 3. The summed E-state index contributed by atoms with van der Waals surface area (Å²) in [6, 6.07) is 10.9. The van der Waals surface area contributed by atoms with Crippen LogP contribution in [-0.4, -0.2) is 44.9 Å². The number of aryl methyl sites for hydroxylation is 1. The number of carbonyl (C=O) groups excluding carboxylic acids is 3. The van der Waals surface area contributed by atoms with Crippen molar-refractivity contribution >= 4 is 45.9 Å². The zero-order chi connectivity index (χ0) is 29.6. The van der Waals surface area contributed by atoms with Crippen molar-refractivity contribution in [3.8, 4) is 5.69 Å².